The highest BCUT2D eigenvalue weighted by Gasteiger charge is 2.17. The molecule has 1 aromatic carbocycles. The van der Waals surface area contributed by atoms with Crippen molar-refractivity contribution in [3.05, 3.63) is 34.9 Å². The lowest BCUT2D eigenvalue weighted by atomic mass is 10.0. The molecule has 1 aliphatic carbocycles. The summed E-state index contributed by atoms with van der Waals surface area (Å²) in [6.45, 7) is 4.17. The average Bonchev–Trinajstić information content (AvgIpc) is 2.40. The van der Waals surface area contributed by atoms with Crippen molar-refractivity contribution in [3.63, 3.8) is 0 Å². The number of rotatable bonds is 4. The zero-order chi connectivity index (χ0) is 13.0. The van der Waals surface area contributed by atoms with Gasteiger partial charge in [-0.1, -0.05) is 43.0 Å². The summed E-state index contributed by atoms with van der Waals surface area (Å²) < 4.78 is 0. The van der Waals surface area contributed by atoms with Crippen molar-refractivity contribution in [1.29, 1.82) is 0 Å². The molecule has 0 aromatic heterocycles. The molecule has 1 fully saturated rings. The Labute approximate surface area is 115 Å². The standard InChI is InChI=1S/C16H24OS/c1-12-8-9-13(2)15(10-12)16(17)11-18-14-6-4-3-5-7-14/h8-10,14,16-17H,3-7,11H2,1-2H3. The summed E-state index contributed by atoms with van der Waals surface area (Å²) in [6.07, 6.45) is 6.51. The molecule has 1 unspecified atom stereocenters. The molecule has 18 heavy (non-hydrogen) atoms. The summed E-state index contributed by atoms with van der Waals surface area (Å²) in [5.74, 6) is 0.842. The van der Waals surface area contributed by atoms with Gasteiger partial charge in [0.25, 0.3) is 0 Å². The van der Waals surface area contributed by atoms with Crippen LogP contribution in [0.5, 0.6) is 0 Å². The van der Waals surface area contributed by atoms with Crippen molar-refractivity contribution in [2.75, 3.05) is 5.75 Å². The third kappa shape index (κ3) is 3.76. The molecule has 0 bridgehead atoms. The van der Waals surface area contributed by atoms with Gasteiger partial charge >= 0.3 is 0 Å². The van der Waals surface area contributed by atoms with Crippen LogP contribution < -0.4 is 0 Å². The van der Waals surface area contributed by atoms with Crippen LogP contribution in [0.25, 0.3) is 0 Å². The maximum absolute atomic E-state index is 10.3. The molecule has 100 valence electrons. The van der Waals surface area contributed by atoms with Crippen molar-refractivity contribution in [2.24, 2.45) is 0 Å². The van der Waals surface area contributed by atoms with Crippen LogP contribution in [0.4, 0.5) is 0 Å². The van der Waals surface area contributed by atoms with Gasteiger partial charge in [-0.3, -0.25) is 0 Å². The van der Waals surface area contributed by atoms with Crippen LogP contribution in [0.1, 0.15) is 54.9 Å². The Morgan fingerprint density at radius 3 is 2.67 bits per heavy atom. The number of aliphatic hydroxyl groups is 1. The monoisotopic (exact) mass is 264 g/mol. The van der Waals surface area contributed by atoms with E-state index in [0.717, 1.165) is 16.6 Å². The highest BCUT2D eigenvalue weighted by Crippen LogP contribution is 2.31. The second kappa shape index (κ2) is 6.63. The third-order valence-electron chi connectivity index (χ3n) is 3.84. The molecule has 2 rings (SSSR count). The van der Waals surface area contributed by atoms with E-state index in [1.165, 1.54) is 43.2 Å². The summed E-state index contributed by atoms with van der Waals surface area (Å²) in [6, 6.07) is 6.35. The largest absolute Gasteiger partial charge is 0.388 e. The Bertz CT molecular complexity index is 383. The summed E-state index contributed by atoms with van der Waals surface area (Å²) in [5.41, 5.74) is 3.55. The highest BCUT2D eigenvalue weighted by molar-refractivity contribution is 7.99. The fraction of sp³-hybridized carbons (Fsp3) is 0.625. The molecule has 1 aliphatic rings. The van der Waals surface area contributed by atoms with Gasteiger partial charge in [0.2, 0.25) is 0 Å². The molecule has 1 N–H and O–H groups in total. The Morgan fingerprint density at radius 1 is 1.22 bits per heavy atom. The lowest BCUT2D eigenvalue weighted by Gasteiger charge is -2.23. The van der Waals surface area contributed by atoms with E-state index < -0.39 is 0 Å². The predicted molar refractivity (Wildman–Crippen MR) is 80.2 cm³/mol. The van der Waals surface area contributed by atoms with E-state index in [9.17, 15) is 5.11 Å². The van der Waals surface area contributed by atoms with Crippen LogP contribution in [-0.4, -0.2) is 16.1 Å². The van der Waals surface area contributed by atoms with Crippen LogP contribution in [0.3, 0.4) is 0 Å². The van der Waals surface area contributed by atoms with E-state index in [2.05, 4.69) is 32.0 Å². The molecule has 1 atom stereocenters. The zero-order valence-corrected chi connectivity index (χ0v) is 12.3. The molecule has 2 heteroatoms. The van der Waals surface area contributed by atoms with Gasteiger partial charge in [-0.05, 0) is 37.8 Å². The molecule has 1 nitrogen and oxygen atoms in total. The first-order valence-corrected chi connectivity index (χ1v) is 8.08. The molecule has 0 heterocycles. The SMILES string of the molecule is Cc1ccc(C)c(C(O)CSC2CCCCC2)c1. The minimum absolute atomic E-state index is 0.308. The summed E-state index contributed by atoms with van der Waals surface area (Å²) in [5, 5.41) is 11.1. The topological polar surface area (TPSA) is 20.2 Å². The number of hydrogen-bond donors (Lipinski definition) is 1. The van der Waals surface area contributed by atoms with Crippen LogP contribution in [0, 0.1) is 13.8 Å². The zero-order valence-electron chi connectivity index (χ0n) is 11.5. The number of benzene rings is 1. The molecule has 0 saturated heterocycles. The lowest BCUT2D eigenvalue weighted by molar-refractivity contribution is 0.203. The van der Waals surface area contributed by atoms with Crippen molar-refractivity contribution in [2.45, 2.75) is 57.3 Å². The maximum Gasteiger partial charge on any atom is 0.0883 e. The van der Waals surface area contributed by atoms with Gasteiger partial charge in [0.05, 0.1) is 6.10 Å². The number of hydrogen-bond acceptors (Lipinski definition) is 2. The second-order valence-electron chi connectivity index (χ2n) is 5.47. The van der Waals surface area contributed by atoms with Crippen molar-refractivity contribution in [3.8, 4) is 0 Å². The molecule has 0 spiro atoms. The molecule has 0 amide bonds. The number of aryl methyl sites for hydroxylation is 2. The van der Waals surface area contributed by atoms with E-state index in [0.29, 0.717) is 0 Å². The summed E-state index contributed by atoms with van der Waals surface area (Å²) in [7, 11) is 0. The van der Waals surface area contributed by atoms with Gasteiger partial charge in [-0.25, -0.2) is 0 Å². The molecule has 1 saturated carbocycles. The van der Waals surface area contributed by atoms with E-state index >= 15 is 0 Å². The predicted octanol–water partition coefficient (Wildman–Crippen LogP) is 4.40. The van der Waals surface area contributed by atoms with E-state index in [1.54, 1.807) is 0 Å². The minimum atomic E-state index is -0.308. The first kappa shape index (κ1) is 14.0. The van der Waals surface area contributed by atoms with Gasteiger partial charge in [0.1, 0.15) is 0 Å². The summed E-state index contributed by atoms with van der Waals surface area (Å²) >= 11 is 1.96. The van der Waals surface area contributed by atoms with Gasteiger partial charge in [0, 0.05) is 11.0 Å². The van der Waals surface area contributed by atoms with Gasteiger partial charge in [-0.15, -0.1) is 0 Å². The Morgan fingerprint density at radius 2 is 1.94 bits per heavy atom. The third-order valence-corrected chi connectivity index (χ3v) is 5.29. The molecular weight excluding hydrogens is 240 g/mol. The number of thioether (sulfide) groups is 1. The fourth-order valence-electron chi connectivity index (χ4n) is 2.67. The maximum atomic E-state index is 10.3. The van der Waals surface area contributed by atoms with Crippen LogP contribution >= 0.6 is 11.8 Å². The van der Waals surface area contributed by atoms with Crippen LogP contribution in [0.15, 0.2) is 18.2 Å². The Balaban J connectivity index is 1.90. The first-order valence-electron chi connectivity index (χ1n) is 7.03. The van der Waals surface area contributed by atoms with Crippen LogP contribution in [0.2, 0.25) is 0 Å². The molecule has 0 aliphatic heterocycles. The van der Waals surface area contributed by atoms with Gasteiger partial charge in [-0.2, -0.15) is 11.8 Å². The van der Waals surface area contributed by atoms with E-state index in [4.69, 9.17) is 0 Å². The van der Waals surface area contributed by atoms with Crippen molar-refractivity contribution >= 4 is 11.8 Å². The molecule has 1 aromatic rings. The quantitative estimate of drug-likeness (QED) is 0.869. The Kier molecular flexibility index (Phi) is 5.13. The van der Waals surface area contributed by atoms with E-state index in [-0.39, 0.29) is 6.10 Å². The minimum Gasteiger partial charge on any atom is -0.388 e. The second-order valence-corrected chi connectivity index (χ2v) is 6.80. The summed E-state index contributed by atoms with van der Waals surface area (Å²) in [4.78, 5) is 0. The van der Waals surface area contributed by atoms with Crippen LogP contribution in [-0.2, 0) is 0 Å². The smallest absolute Gasteiger partial charge is 0.0883 e. The fourth-order valence-corrected chi connectivity index (χ4v) is 3.97. The molecular formula is C16H24OS. The Hall–Kier alpha value is -0.470. The van der Waals surface area contributed by atoms with Crippen molar-refractivity contribution in [1.82, 2.24) is 0 Å². The average molecular weight is 264 g/mol. The van der Waals surface area contributed by atoms with Crippen molar-refractivity contribution < 1.29 is 5.11 Å². The normalized spacial score (nSPS) is 18.8. The van der Waals surface area contributed by atoms with Gasteiger partial charge < -0.3 is 5.11 Å². The van der Waals surface area contributed by atoms with Gasteiger partial charge in [0.15, 0.2) is 0 Å². The molecule has 0 radical (unpaired) electrons. The number of aliphatic hydroxyl groups excluding tert-OH is 1. The first-order chi connectivity index (χ1) is 8.66. The highest BCUT2D eigenvalue weighted by atomic mass is 32.2. The lowest BCUT2D eigenvalue weighted by Crippen LogP contribution is -2.12. The van der Waals surface area contributed by atoms with E-state index in [1.807, 2.05) is 11.8 Å².